The quantitative estimate of drug-likeness (QED) is 0.596. The molecule has 21 heavy (non-hydrogen) atoms. The molecule has 0 saturated carbocycles. The summed E-state index contributed by atoms with van der Waals surface area (Å²) in [6, 6.07) is 5.33. The van der Waals surface area contributed by atoms with E-state index in [4.69, 9.17) is 9.47 Å². The van der Waals surface area contributed by atoms with Crippen molar-refractivity contribution in [3.63, 3.8) is 0 Å². The van der Waals surface area contributed by atoms with Gasteiger partial charge in [0.1, 0.15) is 12.4 Å². The first-order chi connectivity index (χ1) is 9.79. The molecule has 0 unspecified atom stereocenters. The lowest BCUT2D eigenvalue weighted by atomic mass is 9.97. The van der Waals surface area contributed by atoms with Crippen LogP contribution in [0.2, 0.25) is 0 Å². The summed E-state index contributed by atoms with van der Waals surface area (Å²) >= 11 is 0. The Kier molecular flexibility index (Phi) is 5.76. The van der Waals surface area contributed by atoms with E-state index in [-0.39, 0.29) is 5.97 Å². The summed E-state index contributed by atoms with van der Waals surface area (Å²) in [5.41, 5.74) is 0.908. The lowest BCUT2D eigenvalue weighted by molar-refractivity contribution is -0.152. The number of hydrogen-bond acceptors (Lipinski definition) is 5. The molecule has 0 aliphatic carbocycles. The number of carbonyl (C=O) groups excluding carboxylic acids is 2. The molecule has 1 rings (SSSR count). The molecule has 0 heterocycles. The maximum atomic E-state index is 11.7. The maximum Gasteiger partial charge on any atom is 0.311 e. The Labute approximate surface area is 125 Å². The number of carbonyl (C=O) groups is 2. The van der Waals surface area contributed by atoms with Gasteiger partial charge >= 0.3 is 5.97 Å². The van der Waals surface area contributed by atoms with Gasteiger partial charge in [-0.2, -0.15) is 0 Å². The van der Waals surface area contributed by atoms with E-state index in [2.05, 4.69) is 0 Å². The van der Waals surface area contributed by atoms with Gasteiger partial charge in [-0.1, -0.05) is 0 Å². The maximum absolute atomic E-state index is 11.7. The van der Waals surface area contributed by atoms with Gasteiger partial charge in [-0.15, -0.1) is 0 Å². The number of nitrogens with zero attached hydrogens (tertiary/aromatic N) is 1. The summed E-state index contributed by atoms with van der Waals surface area (Å²) in [7, 11) is 3.41. The number of anilines is 1. The van der Waals surface area contributed by atoms with Gasteiger partial charge in [0.25, 0.3) is 0 Å². The first-order valence-corrected chi connectivity index (χ1v) is 6.81. The molecule has 0 N–H and O–H groups in total. The molecule has 0 aromatic heterocycles. The Bertz CT molecular complexity index is 505. The molecule has 1 aromatic rings. The molecule has 0 atom stereocenters. The third-order valence-corrected chi connectivity index (χ3v) is 3.06. The zero-order chi connectivity index (χ0) is 16.0. The Morgan fingerprint density at radius 1 is 1.33 bits per heavy atom. The summed E-state index contributed by atoms with van der Waals surface area (Å²) in [4.78, 5) is 24.5. The second-order valence-corrected chi connectivity index (χ2v) is 5.85. The van der Waals surface area contributed by atoms with Crippen LogP contribution in [0.3, 0.4) is 0 Å². The fourth-order valence-electron chi connectivity index (χ4n) is 1.66. The van der Waals surface area contributed by atoms with Crippen LogP contribution in [0.1, 0.15) is 31.1 Å². The molecule has 0 bridgehead atoms. The summed E-state index contributed by atoms with van der Waals surface area (Å²) in [6.45, 7) is 6.34. The minimum atomic E-state index is -0.493. The molecule has 0 saturated heterocycles. The van der Waals surface area contributed by atoms with E-state index in [1.165, 1.54) is 7.11 Å². The van der Waals surface area contributed by atoms with Crippen LogP contribution in [-0.4, -0.2) is 39.6 Å². The van der Waals surface area contributed by atoms with Crippen LogP contribution in [0.5, 0.6) is 5.75 Å². The number of aldehydes is 1. The average Bonchev–Trinajstić information content (AvgIpc) is 2.45. The highest BCUT2D eigenvalue weighted by molar-refractivity contribution is 5.80. The van der Waals surface area contributed by atoms with E-state index in [1.807, 2.05) is 38.8 Å². The minimum Gasteiger partial charge on any atom is -0.496 e. The second kappa shape index (κ2) is 7.11. The van der Waals surface area contributed by atoms with Crippen LogP contribution in [0.15, 0.2) is 18.2 Å². The Hall–Kier alpha value is -2.04. The van der Waals surface area contributed by atoms with Crippen molar-refractivity contribution in [3.05, 3.63) is 23.8 Å². The number of rotatable bonds is 6. The fraction of sp³-hybridized carbons (Fsp3) is 0.500. The molecule has 0 fully saturated rings. The molecular formula is C16H23NO4. The molecule has 5 nitrogen and oxygen atoms in total. The van der Waals surface area contributed by atoms with Gasteiger partial charge in [-0.3, -0.25) is 9.59 Å². The van der Waals surface area contributed by atoms with Crippen molar-refractivity contribution in [1.29, 1.82) is 0 Å². The van der Waals surface area contributed by atoms with Crippen LogP contribution in [0.25, 0.3) is 0 Å². The summed E-state index contributed by atoms with van der Waals surface area (Å²) in [5, 5.41) is 0. The standard InChI is InChI=1S/C16H23NO4/c1-16(2,3)15(19)21-9-8-17(4)13-7-6-12(11-18)14(10-13)20-5/h6-7,10-11H,8-9H2,1-5H3. The number of methoxy groups -OCH3 is 1. The molecule has 0 radical (unpaired) electrons. The summed E-state index contributed by atoms with van der Waals surface area (Å²) < 4.78 is 10.4. The lowest BCUT2D eigenvalue weighted by Crippen LogP contribution is -2.28. The van der Waals surface area contributed by atoms with Gasteiger partial charge in [0.15, 0.2) is 6.29 Å². The molecule has 0 spiro atoms. The van der Waals surface area contributed by atoms with Crippen molar-refractivity contribution in [2.75, 3.05) is 32.2 Å². The number of hydrogen-bond donors (Lipinski definition) is 0. The summed E-state index contributed by atoms with van der Waals surface area (Å²) in [6.07, 6.45) is 0.758. The Balaban J connectivity index is 2.62. The fourth-order valence-corrected chi connectivity index (χ4v) is 1.66. The Morgan fingerprint density at radius 2 is 2.00 bits per heavy atom. The molecule has 0 aliphatic heterocycles. The topological polar surface area (TPSA) is 55.8 Å². The first kappa shape index (κ1) is 17.0. The van der Waals surface area contributed by atoms with Crippen molar-refractivity contribution in [3.8, 4) is 5.75 Å². The van der Waals surface area contributed by atoms with Crippen LogP contribution < -0.4 is 9.64 Å². The zero-order valence-electron chi connectivity index (χ0n) is 13.3. The normalized spacial score (nSPS) is 10.9. The second-order valence-electron chi connectivity index (χ2n) is 5.85. The highest BCUT2D eigenvalue weighted by Gasteiger charge is 2.22. The van der Waals surface area contributed by atoms with Crippen LogP contribution in [0, 0.1) is 5.41 Å². The number of esters is 1. The van der Waals surface area contributed by atoms with Crippen LogP contribution in [0.4, 0.5) is 5.69 Å². The third kappa shape index (κ3) is 4.77. The predicted molar refractivity (Wildman–Crippen MR) is 82.1 cm³/mol. The SMILES string of the molecule is COc1cc(N(C)CCOC(=O)C(C)(C)C)ccc1C=O. The average molecular weight is 293 g/mol. The van der Waals surface area contributed by atoms with Crippen LogP contribution in [-0.2, 0) is 9.53 Å². The zero-order valence-corrected chi connectivity index (χ0v) is 13.3. The minimum absolute atomic E-state index is 0.218. The molecule has 0 aliphatic rings. The monoisotopic (exact) mass is 293 g/mol. The van der Waals surface area contributed by atoms with Crippen molar-refractivity contribution in [2.24, 2.45) is 5.41 Å². The molecular weight excluding hydrogens is 270 g/mol. The predicted octanol–water partition coefficient (Wildman–Crippen LogP) is 2.53. The summed E-state index contributed by atoms with van der Waals surface area (Å²) in [5.74, 6) is 0.311. The van der Waals surface area contributed by atoms with Gasteiger partial charge < -0.3 is 14.4 Å². The number of ether oxygens (including phenoxy) is 2. The van der Waals surface area contributed by atoms with Gasteiger partial charge in [0.05, 0.1) is 24.6 Å². The lowest BCUT2D eigenvalue weighted by Gasteiger charge is -2.22. The number of likely N-dealkylation sites (N-methyl/N-ethyl adjacent to an activating group) is 1. The van der Waals surface area contributed by atoms with E-state index in [0.717, 1.165) is 12.0 Å². The van der Waals surface area contributed by atoms with Crippen LogP contribution >= 0.6 is 0 Å². The van der Waals surface area contributed by atoms with Gasteiger partial charge in [-0.25, -0.2) is 0 Å². The van der Waals surface area contributed by atoms with Gasteiger partial charge in [0.2, 0.25) is 0 Å². The third-order valence-electron chi connectivity index (χ3n) is 3.06. The molecule has 116 valence electrons. The first-order valence-electron chi connectivity index (χ1n) is 6.81. The molecule has 5 heteroatoms. The Morgan fingerprint density at radius 3 is 2.52 bits per heavy atom. The van der Waals surface area contributed by atoms with Crippen molar-refractivity contribution >= 4 is 17.9 Å². The van der Waals surface area contributed by atoms with Gasteiger partial charge in [0, 0.05) is 18.8 Å². The molecule has 1 aromatic carbocycles. The van der Waals surface area contributed by atoms with E-state index < -0.39 is 5.41 Å². The van der Waals surface area contributed by atoms with E-state index in [9.17, 15) is 9.59 Å². The van der Waals surface area contributed by atoms with E-state index in [1.54, 1.807) is 12.1 Å². The van der Waals surface area contributed by atoms with E-state index >= 15 is 0 Å². The highest BCUT2D eigenvalue weighted by Crippen LogP contribution is 2.24. The smallest absolute Gasteiger partial charge is 0.311 e. The van der Waals surface area contributed by atoms with Crippen molar-refractivity contribution in [2.45, 2.75) is 20.8 Å². The largest absolute Gasteiger partial charge is 0.496 e. The van der Waals surface area contributed by atoms with Crippen molar-refractivity contribution in [1.82, 2.24) is 0 Å². The molecule has 0 amide bonds. The van der Waals surface area contributed by atoms with E-state index in [0.29, 0.717) is 24.5 Å². The van der Waals surface area contributed by atoms with Gasteiger partial charge in [-0.05, 0) is 32.9 Å². The highest BCUT2D eigenvalue weighted by atomic mass is 16.5. The number of benzene rings is 1. The van der Waals surface area contributed by atoms with Crippen molar-refractivity contribution < 1.29 is 19.1 Å².